The van der Waals surface area contributed by atoms with Crippen molar-refractivity contribution in [2.45, 2.75) is 25.8 Å². The molecule has 6 nitrogen and oxygen atoms in total. The molecule has 0 aliphatic carbocycles. The van der Waals surface area contributed by atoms with E-state index in [1.807, 2.05) is 48.5 Å². The first-order chi connectivity index (χ1) is 17.1. The third-order valence-corrected chi connectivity index (χ3v) is 6.93. The Bertz CT molecular complexity index is 1240. The summed E-state index contributed by atoms with van der Waals surface area (Å²) in [5.74, 6) is -0.404. The molecule has 0 unspecified atom stereocenters. The summed E-state index contributed by atoms with van der Waals surface area (Å²) >= 11 is 6.13. The van der Waals surface area contributed by atoms with E-state index in [9.17, 15) is 9.59 Å². The molecule has 2 aliphatic heterocycles. The minimum atomic E-state index is -0.238. The van der Waals surface area contributed by atoms with Gasteiger partial charge in [0.15, 0.2) is 0 Å². The number of carbonyl (C=O) groups excluding carboxylic acids is 2. The highest BCUT2D eigenvalue weighted by molar-refractivity contribution is 6.30. The molecule has 3 aromatic carbocycles. The predicted molar refractivity (Wildman–Crippen MR) is 140 cm³/mol. The van der Waals surface area contributed by atoms with Crippen LogP contribution in [-0.2, 0) is 13.0 Å². The Morgan fingerprint density at radius 2 is 1.83 bits per heavy atom. The van der Waals surface area contributed by atoms with Gasteiger partial charge in [-0.25, -0.2) is 0 Å². The van der Waals surface area contributed by atoms with Crippen molar-refractivity contribution in [1.82, 2.24) is 10.2 Å². The first-order valence-electron chi connectivity index (χ1n) is 12.1. The maximum absolute atomic E-state index is 12.9. The van der Waals surface area contributed by atoms with E-state index in [1.54, 1.807) is 12.1 Å². The number of hydrogen-bond donors (Lipinski definition) is 3. The first-order valence-corrected chi connectivity index (χ1v) is 12.5. The van der Waals surface area contributed by atoms with Crippen LogP contribution in [0.25, 0.3) is 0 Å². The lowest BCUT2D eigenvalue weighted by Gasteiger charge is -2.15. The molecule has 3 aromatic rings. The van der Waals surface area contributed by atoms with Gasteiger partial charge < -0.3 is 20.9 Å². The summed E-state index contributed by atoms with van der Waals surface area (Å²) in [6, 6.07) is 19.0. The summed E-state index contributed by atoms with van der Waals surface area (Å²) in [7, 11) is 0. The van der Waals surface area contributed by atoms with Crippen molar-refractivity contribution in [3.05, 3.63) is 93.5 Å². The molecule has 0 atom stereocenters. The van der Waals surface area contributed by atoms with Gasteiger partial charge in [-0.15, -0.1) is 0 Å². The van der Waals surface area contributed by atoms with Crippen LogP contribution in [0, 0.1) is 0 Å². The minimum Gasteiger partial charge on any atom is -0.384 e. The fourth-order valence-electron chi connectivity index (χ4n) is 4.84. The lowest BCUT2D eigenvalue weighted by molar-refractivity contribution is 0.0966. The van der Waals surface area contributed by atoms with E-state index in [4.69, 9.17) is 11.6 Å². The largest absolute Gasteiger partial charge is 0.384 e. The Labute approximate surface area is 210 Å². The van der Waals surface area contributed by atoms with E-state index < -0.39 is 0 Å². The monoisotopic (exact) mass is 488 g/mol. The number of rotatable bonds is 8. The molecule has 0 radical (unpaired) electrons. The van der Waals surface area contributed by atoms with Crippen LogP contribution in [0.1, 0.15) is 50.2 Å². The van der Waals surface area contributed by atoms with E-state index in [2.05, 4.69) is 20.9 Å². The van der Waals surface area contributed by atoms with E-state index in [0.717, 1.165) is 35.5 Å². The lowest BCUT2D eigenvalue weighted by Crippen LogP contribution is -2.25. The topological polar surface area (TPSA) is 73.5 Å². The van der Waals surface area contributed by atoms with Gasteiger partial charge in [0.25, 0.3) is 11.8 Å². The van der Waals surface area contributed by atoms with Crippen LogP contribution in [-0.4, -0.2) is 42.9 Å². The molecular weight excluding hydrogens is 460 g/mol. The molecule has 0 aromatic heterocycles. The van der Waals surface area contributed by atoms with Crippen LogP contribution in [0.15, 0.2) is 60.7 Å². The van der Waals surface area contributed by atoms with Gasteiger partial charge >= 0.3 is 0 Å². The standard InChI is InChI=1S/C28H29ClN4O2/c29-22-5-3-4-19(17-22)16-21-8-11-25(26-24(21)18-31-28(26)35)32-27(34)20-6-9-23(10-7-20)30-12-15-33-13-1-2-14-33/h3-11,17,30H,1-2,12-16,18H2,(H,31,35)(H,32,34). The maximum atomic E-state index is 12.9. The number of carbonyl (C=O) groups is 2. The molecule has 0 saturated carbocycles. The van der Waals surface area contributed by atoms with Crippen molar-refractivity contribution < 1.29 is 9.59 Å². The molecule has 2 heterocycles. The summed E-state index contributed by atoms with van der Waals surface area (Å²) in [4.78, 5) is 28.0. The Hall–Kier alpha value is -3.35. The van der Waals surface area contributed by atoms with Gasteiger partial charge in [-0.05, 0) is 91.5 Å². The summed E-state index contributed by atoms with van der Waals surface area (Å²) < 4.78 is 0. The second-order valence-corrected chi connectivity index (χ2v) is 9.56. The number of nitrogens with one attached hydrogen (secondary N) is 3. The van der Waals surface area contributed by atoms with Crippen LogP contribution < -0.4 is 16.0 Å². The summed E-state index contributed by atoms with van der Waals surface area (Å²) in [5.41, 5.74) is 5.65. The molecule has 7 heteroatoms. The van der Waals surface area contributed by atoms with Gasteiger partial charge in [0.1, 0.15) is 0 Å². The van der Waals surface area contributed by atoms with E-state index >= 15 is 0 Å². The van der Waals surface area contributed by atoms with Gasteiger partial charge in [-0.2, -0.15) is 0 Å². The Balaban J connectivity index is 1.26. The zero-order valence-electron chi connectivity index (χ0n) is 19.6. The maximum Gasteiger partial charge on any atom is 0.255 e. The molecule has 2 amide bonds. The number of nitrogens with zero attached hydrogens (tertiary/aromatic N) is 1. The van der Waals surface area contributed by atoms with E-state index in [1.165, 1.54) is 25.9 Å². The van der Waals surface area contributed by atoms with E-state index in [-0.39, 0.29) is 11.8 Å². The van der Waals surface area contributed by atoms with Crippen molar-refractivity contribution in [1.29, 1.82) is 0 Å². The zero-order chi connectivity index (χ0) is 24.2. The van der Waals surface area contributed by atoms with Gasteiger partial charge in [0, 0.05) is 35.9 Å². The normalized spacial score (nSPS) is 15.1. The first kappa shape index (κ1) is 23.4. The molecule has 2 aliphatic rings. The number of likely N-dealkylation sites (tertiary alicyclic amines) is 1. The van der Waals surface area contributed by atoms with Crippen LogP contribution in [0.5, 0.6) is 0 Å². The number of fused-ring (bicyclic) bond motifs is 1. The van der Waals surface area contributed by atoms with Crippen molar-refractivity contribution in [3.8, 4) is 0 Å². The molecule has 0 bridgehead atoms. The third kappa shape index (κ3) is 5.50. The smallest absolute Gasteiger partial charge is 0.255 e. The van der Waals surface area contributed by atoms with Crippen LogP contribution in [0.2, 0.25) is 5.02 Å². The summed E-state index contributed by atoms with van der Waals surface area (Å²) in [6.07, 6.45) is 3.25. The highest BCUT2D eigenvalue weighted by Gasteiger charge is 2.26. The predicted octanol–water partition coefficient (Wildman–Crippen LogP) is 4.93. The zero-order valence-corrected chi connectivity index (χ0v) is 20.3. The number of anilines is 2. The second kappa shape index (κ2) is 10.5. The van der Waals surface area contributed by atoms with Crippen LogP contribution in [0.3, 0.4) is 0 Å². The minimum absolute atomic E-state index is 0.166. The number of benzene rings is 3. The molecule has 1 saturated heterocycles. The fraction of sp³-hybridized carbons (Fsp3) is 0.286. The molecule has 3 N–H and O–H groups in total. The van der Waals surface area contributed by atoms with E-state index in [0.29, 0.717) is 34.8 Å². The highest BCUT2D eigenvalue weighted by atomic mass is 35.5. The van der Waals surface area contributed by atoms with Gasteiger partial charge in [-0.3, -0.25) is 9.59 Å². The van der Waals surface area contributed by atoms with Crippen molar-refractivity contribution in [3.63, 3.8) is 0 Å². The van der Waals surface area contributed by atoms with Crippen molar-refractivity contribution in [2.75, 3.05) is 36.8 Å². The van der Waals surface area contributed by atoms with Crippen molar-refractivity contribution >= 4 is 34.8 Å². The molecule has 0 spiro atoms. The third-order valence-electron chi connectivity index (χ3n) is 6.70. The molecule has 1 fully saturated rings. The highest BCUT2D eigenvalue weighted by Crippen LogP contribution is 2.30. The molecule has 35 heavy (non-hydrogen) atoms. The number of hydrogen-bond acceptors (Lipinski definition) is 4. The van der Waals surface area contributed by atoms with Crippen LogP contribution in [0.4, 0.5) is 11.4 Å². The lowest BCUT2D eigenvalue weighted by atomic mass is 9.96. The Morgan fingerprint density at radius 3 is 2.60 bits per heavy atom. The molecule has 180 valence electrons. The Kier molecular flexibility index (Phi) is 7.02. The second-order valence-electron chi connectivity index (χ2n) is 9.12. The summed E-state index contributed by atoms with van der Waals surface area (Å²) in [6.45, 7) is 4.73. The summed E-state index contributed by atoms with van der Waals surface area (Å²) in [5, 5.41) is 9.94. The molecule has 5 rings (SSSR count). The van der Waals surface area contributed by atoms with Crippen LogP contribution >= 0.6 is 11.6 Å². The van der Waals surface area contributed by atoms with Crippen molar-refractivity contribution in [2.24, 2.45) is 0 Å². The quantitative estimate of drug-likeness (QED) is 0.420. The Morgan fingerprint density at radius 1 is 1.03 bits per heavy atom. The fourth-order valence-corrected chi connectivity index (χ4v) is 5.06. The average molecular weight is 489 g/mol. The van der Waals surface area contributed by atoms with Gasteiger partial charge in [0.05, 0.1) is 11.3 Å². The number of halogens is 1. The molecular formula is C28H29ClN4O2. The average Bonchev–Trinajstić information content (AvgIpc) is 3.51. The SMILES string of the molecule is O=C(Nc1ccc(Cc2cccc(Cl)c2)c2c1C(=O)NC2)c1ccc(NCCN2CCCC2)cc1. The van der Waals surface area contributed by atoms with Gasteiger partial charge in [-0.1, -0.05) is 29.8 Å². The van der Waals surface area contributed by atoms with Gasteiger partial charge in [0.2, 0.25) is 0 Å². The number of amides is 2.